The molecule has 0 fully saturated rings. The Kier molecular flexibility index (Phi) is 1.66. The topological polar surface area (TPSA) is 36.7 Å². The largest absolute Gasteiger partial charge is 0.243 e. The van der Waals surface area contributed by atoms with Crippen LogP contribution in [0.2, 0.25) is 5.15 Å². The third-order valence-electron chi connectivity index (χ3n) is 0.793. The zero-order chi connectivity index (χ0) is 6.69. The second kappa shape index (κ2) is 2.47. The lowest BCUT2D eigenvalue weighted by Crippen LogP contribution is -1.76. The number of aromatic nitrogens is 1. The minimum atomic E-state index is 0.286. The molecule has 0 aliphatic heterocycles. The van der Waals surface area contributed by atoms with E-state index in [1.54, 1.807) is 0 Å². The molecule has 0 aromatic carbocycles. The van der Waals surface area contributed by atoms with Crippen LogP contribution in [0.5, 0.6) is 0 Å². The predicted molar refractivity (Wildman–Crippen MR) is 32.8 cm³/mol. The first kappa shape index (κ1) is 6.06. The lowest BCUT2D eigenvalue weighted by molar-refractivity contribution is 1.30. The van der Waals surface area contributed by atoms with Gasteiger partial charge in [-0.15, -0.1) is 0 Å². The molecule has 0 spiro atoms. The molecule has 0 bridgehead atoms. The molecule has 0 unspecified atom stereocenters. The summed E-state index contributed by atoms with van der Waals surface area (Å²) in [5, 5.41) is 8.56. The van der Waals surface area contributed by atoms with Gasteiger partial charge in [0.15, 0.2) is 0 Å². The van der Waals surface area contributed by atoms with Crippen LogP contribution in [0.25, 0.3) is 0 Å². The van der Waals surface area contributed by atoms with Gasteiger partial charge in [0.25, 0.3) is 0 Å². The molecule has 1 rings (SSSR count). The Balaban J connectivity index is 3.06. The van der Waals surface area contributed by atoms with Crippen LogP contribution in [-0.4, -0.2) is 4.98 Å². The van der Waals surface area contributed by atoms with E-state index in [9.17, 15) is 0 Å². The van der Waals surface area contributed by atoms with Gasteiger partial charge in [-0.25, -0.2) is 4.98 Å². The van der Waals surface area contributed by atoms with Gasteiger partial charge in [0.1, 0.15) is 11.2 Å². The van der Waals surface area contributed by atoms with E-state index in [4.69, 9.17) is 16.9 Å². The average Bonchev–Trinajstić information content (AvgIpc) is 1.90. The van der Waals surface area contributed by atoms with Crippen LogP contribution in [0.4, 0.5) is 0 Å². The van der Waals surface area contributed by atoms with Gasteiger partial charge in [-0.3, -0.25) is 0 Å². The fourth-order valence-corrected chi connectivity index (χ4v) is 0.503. The smallest absolute Gasteiger partial charge is 0.137 e. The summed E-state index contributed by atoms with van der Waals surface area (Å²) in [6.45, 7) is 0. The molecule has 0 saturated carbocycles. The van der Waals surface area contributed by atoms with Gasteiger partial charge in [0, 0.05) is 12.3 Å². The molecule has 1 radical (unpaired) electrons. The van der Waals surface area contributed by atoms with Crippen LogP contribution in [0.15, 0.2) is 12.3 Å². The SMILES string of the molecule is N#Cc1c[c]c(Cl)nc1. The highest BCUT2D eigenvalue weighted by Gasteiger charge is 1.88. The molecule has 0 atom stereocenters. The van der Waals surface area contributed by atoms with Crippen molar-refractivity contribution >= 4 is 11.6 Å². The summed E-state index contributed by atoms with van der Waals surface area (Å²) in [5.74, 6) is 0. The summed E-state index contributed by atoms with van der Waals surface area (Å²) < 4.78 is 0. The summed E-state index contributed by atoms with van der Waals surface area (Å²) in [4.78, 5) is 3.64. The van der Waals surface area contributed by atoms with Crippen molar-refractivity contribution in [2.45, 2.75) is 0 Å². The summed E-state index contributed by atoms with van der Waals surface area (Å²) >= 11 is 5.39. The highest BCUT2D eigenvalue weighted by atomic mass is 35.5. The second-order valence-corrected chi connectivity index (χ2v) is 1.76. The molecule has 0 amide bonds. The Morgan fingerprint density at radius 1 is 1.78 bits per heavy atom. The van der Waals surface area contributed by atoms with Gasteiger partial charge >= 0.3 is 0 Å². The Hall–Kier alpha value is -1.07. The highest BCUT2D eigenvalue weighted by molar-refractivity contribution is 6.29. The van der Waals surface area contributed by atoms with Gasteiger partial charge in [-0.05, 0) is 6.07 Å². The molecule has 43 valence electrons. The average molecular weight is 138 g/mol. The van der Waals surface area contributed by atoms with Crippen LogP contribution in [0, 0.1) is 17.4 Å². The Labute approximate surface area is 57.7 Å². The molecule has 0 aliphatic carbocycles. The molecule has 1 aromatic rings. The molecule has 1 heterocycles. The number of hydrogen-bond donors (Lipinski definition) is 0. The van der Waals surface area contributed by atoms with Crippen molar-refractivity contribution in [1.82, 2.24) is 4.98 Å². The highest BCUT2D eigenvalue weighted by Crippen LogP contribution is 2.01. The molecule has 0 N–H and O–H groups in total. The van der Waals surface area contributed by atoms with Crippen molar-refractivity contribution in [1.29, 1.82) is 5.26 Å². The van der Waals surface area contributed by atoms with Crippen molar-refractivity contribution in [3.05, 3.63) is 29.0 Å². The number of rotatable bonds is 0. The Morgan fingerprint density at radius 2 is 2.56 bits per heavy atom. The first-order chi connectivity index (χ1) is 4.33. The van der Waals surface area contributed by atoms with Gasteiger partial charge in [-0.2, -0.15) is 5.26 Å². The third kappa shape index (κ3) is 1.41. The number of hydrogen-bond acceptors (Lipinski definition) is 2. The summed E-state index contributed by atoms with van der Waals surface area (Å²) in [6, 6.07) is 5.98. The van der Waals surface area contributed by atoms with Crippen molar-refractivity contribution < 1.29 is 0 Å². The number of pyridine rings is 1. The maximum Gasteiger partial charge on any atom is 0.137 e. The third-order valence-corrected chi connectivity index (χ3v) is 1.000. The first-order valence-electron chi connectivity index (χ1n) is 2.26. The first-order valence-corrected chi connectivity index (χ1v) is 2.64. The Morgan fingerprint density at radius 3 is 3.00 bits per heavy atom. The molecule has 0 saturated heterocycles. The van der Waals surface area contributed by atoms with Crippen LogP contribution in [0.3, 0.4) is 0 Å². The van der Waals surface area contributed by atoms with Gasteiger partial charge in [-0.1, -0.05) is 11.6 Å². The lowest BCUT2D eigenvalue weighted by atomic mass is 10.3. The van der Waals surface area contributed by atoms with Crippen LogP contribution < -0.4 is 0 Å². The van der Waals surface area contributed by atoms with E-state index in [0.29, 0.717) is 5.56 Å². The fraction of sp³-hybridized carbons (Fsp3) is 0. The minimum Gasteiger partial charge on any atom is -0.243 e. The predicted octanol–water partition coefficient (Wildman–Crippen LogP) is 1.41. The van der Waals surface area contributed by atoms with E-state index >= 15 is 0 Å². The summed E-state index contributed by atoms with van der Waals surface area (Å²) in [6.07, 6.45) is 1.40. The van der Waals surface area contributed by atoms with E-state index in [1.165, 1.54) is 12.3 Å². The van der Waals surface area contributed by atoms with Crippen molar-refractivity contribution in [2.75, 3.05) is 0 Å². The summed E-state index contributed by atoms with van der Waals surface area (Å²) in [5.41, 5.74) is 0.472. The molecule has 0 aliphatic rings. The molecular formula is C6H2ClN2. The molecular weight excluding hydrogens is 136 g/mol. The maximum absolute atomic E-state index is 8.28. The summed E-state index contributed by atoms with van der Waals surface area (Å²) in [7, 11) is 0. The van der Waals surface area contributed by atoms with Crippen LogP contribution in [0.1, 0.15) is 5.56 Å². The van der Waals surface area contributed by atoms with Crippen molar-refractivity contribution in [3.8, 4) is 6.07 Å². The van der Waals surface area contributed by atoms with Crippen LogP contribution >= 0.6 is 11.6 Å². The Bertz CT molecular complexity index is 234. The van der Waals surface area contributed by atoms with Crippen LogP contribution in [-0.2, 0) is 0 Å². The molecule has 3 heteroatoms. The monoisotopic (exact) mass is 137 g/mol. The molecule has 1 aromatic heterocycles. The number of halogens is 1. The molecule has 2 nitrogen and oxygen atoms in total. The van der Waals surface area contributed by atoms with E-state index < -0.39 is 0 Å². The van der Waals surface area contributed by atoms with E-state index in [2.05, 4.69) is 11.1 Å². The van der Waals surface area contributed by atoms with E-state index in [1.807, 2.05) is 6.07 Å². The number of nitrogens with zero attached hydrogens (tertiary/aromatic N) is 2. The molecule has 9 heavy (non-hydrogen) atoms. The lowest BCUT2D eigenvalue weighted by Gasteiger charge is -1.84. The van der Waals surface area contributed by atoms with E-state index in [0.717, 1.165) is 0 Å². The zero-order valence-electron chi connectivity index (χ0n) is 4.43. The van der Waals surface area contributed by atoms with Crippen molar-refractivity contribution in [2.24, 2.45) is 0 Å². The second-order valence-electron chi connectivity index (χ2n) is 1.40. The zero-order valence-corrected chi connectivity index (χ0v) is 5.18. The maximum atomic E-state index is 8.28. The van der Waals surface area contributed by atoms with E-state index in [-0.39, 0.29) is 5.15 Å². The quantitative estimate of drug-likeness (QED) is 0.507. The van der Waals surface area contributed by atoms with Gasteiger partial charge in [0.05, 0.1) is 5.56 Å². The van der Waals surface area contributed by atoms with Gasteiger partial charge < -0.3 is 0 Å². The number of nitriles is 1. The standard InChI is InChI=1S/C6H2ClN2/c7-6-2-1-5(3-8)4-9-6/h1,4H. The van der Waals surface area contributed by atoms with Gasteiger partial charge in [0.2, 0.25) is 0 Å². The minimum absolute atomic E-state index is 0.286. The normalized spacial score (nSPS) is 8.44. The van der Waals surface area contributed by atoms with Crippen molar-refractivity contribution in [3.63, 3.8) is 0 Å². The fourth-order valence-electron chi connectivity index (χ4n) is 0.399.